The van der Waals surface area contributed by atoms with Crippen LogP contribution in [0.25, 0.3) is 11.3 Å². The number of hydrogen-bond acceptors (Lipinski definition) is 3. The van der Waals surface area contributed by atoms with E-state index in [4.69, 9.17) is 0 Å². The molecule has 0 atom stereocenters. The number of nitrogens with one attached hydrogen (secondary N) is 1. The zero-order valence-electron chi connectivity index (χ0n) is 12.8. The molecule has 0 aliphatic heterocycles. The Morgan fingerprint density at radius 1 is 1.09 bits per heavy atom. The van der Waals surface area contributed by atoms with Gasteiger partial charge in [0, 0.05) is 36.4 Å². The number of rotatable bonds is 3. The molecule has 0 amide bonds. The average Bonchev–Trinajstić information content (AvgIpc) is 2.75. The topological polar surface area (TPSA) is 42.7 Å². The first-order valence-electron chi connectivity index (χ1n) is 7.03. The van der Waals surface area contributed by atoms with Crippen molar-refractivity contribution in [1.29, 1.82) is 0 Å². The Balaban J connectivity index is 1.94. The molecule has 5 heteroatoms. The van der Waals surface area contributed by atoms with Crippen LogP contribution in [-0.2, 0) is 7.05 Å². The SMILES string of the molecule is Cc1cn(C)c(C)c1-c1ccnc(Nc2ccc(F)cc2)n1. The second kappa shape index (κ2) is 5.60. The lowest BCUT2D eigenvalue weighted by Crippen LogP contribution is -1.99. The maximum atomic E-state index is 12.9. The third kappa shape index (κ3) is 2.70. The Kier molecular flexibility index (Phi) is 3.63. The maximum absolute atomic E-state index is 12.9. The van der Waals surface area contributed by atoms with E-state index < -0.39 is 0 Å². The smallest absolute Gasteiger partial charge is 0.227 e. The van der Waals surface area contributed by atoms with E-state index in [-0.39, 0.29) is 5.82 Å². The first-order chi connectivity index (χ1) is 10.5. The fraction of sp³-hybridized carbons (Fsp3) is 0.176. The molecule has 0 unspecified atom stereocenters. The van der Waals surface area contributed by atoms with E-state index in [0.717, 1.165) is 22.6 Å². The molecule has 0 radical (unpaired) electrons. The van der Waals surface area contributed by atoms with E-state index in [0.29, 0.717) is 5.95 Å². The molecule has 1 N–H and O–H groups in total. The normalized spacial score (nSPS) is 10.7. The lowest BCUT2D eigenvalue weighted by Gasteiger charge is -2.07. The van der Waals surface area contributed by atoms with Gasteiger partial charge in [-0.15, -0.1) is 0 Å². The third-order valence-corrected chi connectivity index (χ3v) is 3.68. The van der Waals surface area contributed by atoms with E-state index >= 15 is 0 Å². The minimum absolute atomic E-state index is 0.268. The van der Waals surface area contributed by atoms with Crippen molar-refractivity contribution in [1.82, 2.24) is 14.5 Å². The summed E-state index contributed by atoms with van der Waals surface area (Å²) >= 11 is 0. The van der Waals surface area contributed by atoms with Crippen LogP contribution < -0.4 is 5.32 Å². The quantitative estimate of drug-likeness (QED) is 0.795. The second-order valence-electron chi connectivity index (χ2n) is 5.28. The summed E-state index contributed by atoms with van der Waals surface area (Å²) in [5.41, 5.74) is 5.07. The molecule has 2 aromatic heterocycles. The second-order valence-corrected chi connectivity index (χ2v) is 5.28. The average molecular weight is 296 g/mol. The maximum Gasteiger partial charge on any atom is 0.227 e. The number of benzene rings is 1. The Morgan fingerprint density at radius 3 is 2.45 bits per heavy atom. The van der Waals surface area contributed by atoms with Crippen LogP contribution in [0.4, 0.5) is 16.0 Å². The van der Waals surface area contributed by atoms with Gasteiger partial charge in [0.05, 0.1) is 5.69 Å². The van der Waals surface area contributed by atoms with Gasteiger partial charge in [-0.05, 0) is 49.7 Å². The molecule has 0 bridgehead atoms. The highest BCUT2D eigenvalue weighted by atomic mass is 19.1. The molecular formula is C17H17FN4. The van der Waals surface area contributed by atoms with Gasteiger partial charge in [-0.3, -0.25) is 0 Å². The summed E-state index contributed by atoms with van der Waals surface area (Å²) in [4.78, 5) is 8.79. The zero-order valence-corrected chi connectivity index (χ0v) is 12.8. The Labute approximate surface area is 128 Å². The van der Waals surface area contributed by atoms with E-state index in [2.05, 4.69) is 39.9 Å². The Hall–Kier alpha value is -2.69. The largest absolute Gasteiger partial charge is 0.354 e. The number of aromatic nitrogens is 3. The number of nitrogens with zero attached hydrogens (tertiary/aromatic N) is 3. The van der Waals surface area contributed by atoms with Crippen LogP contribution in [0.15, 0.2) is 42.7 Å². The number of halogens is 1. The standard InChI is InChI=1S/C17H17FN4/c1-11-10-22(3)12(2)16(11)15-8-9-19-17(21-15)20-14-6-4-13(18)5-7-14/h4-10H,1-3H3,(H,19,20,21). The van der Waals surface area contributed by atoms with Crippen molar-refractivity contribution in [3.05, 3.63) is 59.8 Å². The van der Waals surface area contributed by atoms with E-state index in [1.807, 2.05) is 13.1 Å². The van der Waals surface area contributed by atoms with Crippen molar-refractivity contribution in [3.63, 3.8) is 0 Å². The van der Waals surface area contributed by atoms with Crippen LogP contribution in [0.5, 0.6) is 0 Å². The van der Waals surface area contributed by atoms with E-state index in [1.165, 1.54) is 17.7 Å². The van der Waals surface area contributed by atoms with E-state index in [9.17, 15) is 4.39 Å². The van der Waals surface area contributed by atoms with Crippen LogP contribution >= 0.6 is 0 Å². The Morgan fingerprint density at radius 2 is 1.82 bits per heavy atom. The van der Waals surface area contributed by atoms with Crippen molar-refractivity contribution in [2.24, 2.45) is 7.05 Å². The van der Waals surface area contributed by atoms with Crippen LogP contribution in [-0.4, -0.2) is 14.5 Å². The molecule has 0 saturated carbocycles. The molecule has 0 aliphatic carbocycles. The van der Waals surface area contributed by atoms with Crippen molar-refractivity contribution in [3.8, 4) is 11.3 Å². The Bertz CT molecular complexity index is 806. The van der Waals surface area contributed by atoms with Gasteiger partial charge in [0.25, 0.3) is 0 Å². The highest BCUT2D eigenvalue weighted by Crippen LogP contribution is 2.27. The summed E-state index contributed by atoms with van der Waals surface area (Å²) in [6.07, 6.45) is 3.81. The van der Waals surface area contributed by atoms with Crippen molar-refractivity contribution < 1.29 is 4.39 Å². The van der Waals surface area contributed by atoms with Crippen LogP contribution in [0.2, 0.25) is 0 Å². The fourth-order valence-corrected chi connectivity index (χ4v) is 2.52. The molecule has 0 fully saturated rings. The number of anilines is 2. The summed E-state index contributed by atoms with van der Waals surface area (Å²) in [5.74, 6) is 0.225. The molecule has 0 spiro atoms. The molecule has 3 aromatic rings. The number of aryl methyl sites for hydroxylation is 2. The summed E-state index contributed by atoms with van der Waals surface area (Å²) in [6, 6.07) is 8.01. The molecule has 112 valence electrons. The highest BCUT2D eigenvalue weighted by molar-refractivity contribution is 5.68. The van der Waals surface area contributed by atoms with Gasteiger partial charge in [0.2, 0.25) is 5.95 Å². The van der Waals surface area contributed by atoms with E-state index in [1.54, 1.807) is 18.3 Å². The molecule has 3 rings (SSSR count). The third-order valence-electron chi connectivity index (χ3n) is 3.68. The molecule has 0 saturated heterocycles. The lowest BCUT2D eigenvalue weighted by molar-refractivity contribution is 0.628. The van der Waals surface area contributed by atoms with Crippen molar-refractivity contribution >= 4 is 11.6 Å². The molecule has 2 heterocycles. The predicted octanol–water partition coefficient (Wildman–Crippen LogP) is 3.98. The number of hydrogen-bond donors (Lipinski definition) is 1. The van der Waals surface area contributed by atoms with Gasteiger partial charge in [-0.1, -0.05) is 0 Å². The predicted molar refractivity (Wildman–Crippen MR) is 85.6 cm³/mol. The van der Waals surface area contributed by atoms with Crippen LogP contribution in [0.1, 0.15) is 11.3 Å². The summed E-state index contributed by atoms with van der Waals surface area (Å²) in [7, 11) is 2.02. The first kappa shape index (κ1) is 14.3. The van der Waals surface area contributed by atoms with Crippen molar-refractivity contribution in [2.45, 2.75) is 13.8 Å². The van der Waals surface area contributed by atoms with Gasteiger partial charge in [-0.2, -0.15) is 0 Å². The van der Waals surface area contributed by atoms with Gasteiger partial charge in [-0.25, -0.2) is 14.4 Å². The monoisotopic (exact) mass is 296 g/mol. The molecule has 22 heavy (non-hydrogen) atoms. The highest BCUT2D eigenvalue weighted by Gasteiger charge is 2.12. The molecule has 0 aliphatic rings. The molecule has 4 nitrogen and oxygen atoms in total. The minimum atomic E-state index is -0.268. The lowest BCUT2D eigenvalue weighted by atomic mass is 10.1. The minimum Gasteiger partial charge on any atom is -0.354 e. The van der Waals surface area contributed by atoms with Crippen molar-refractivity contribution in [2.75, 3.05) is 5.32 Å². The van der Waals surface area contributed by atoms with Gasteiger partial charge in [0.1, 0.15) is 5.82 Å². The van der Waals surface area contributed by atoms with Crippen LogP contribution in [0, 0.1) is 19.7 Å². The molecule has 1 aromatic carbocycles. The summed E-state index contributed by atoms with van der Waals surface area (Å²) in [5, 5.41) is 3.09. The summed E-state index contributed by atoms with van der Waals surface area (Å²) < 4.78 is 15.0. The molecular weight excluding hydrogens is 279 g/mol. The van der Waals surface area contributed by atoms with Gasteiger partial charge >= 0.3 is 0 Å². The van der Waals surface area contributed by atoms with Gasteiger partial charge < -0.3 is 9.88 Å². The van der Waals surface area contributed by atoms with Gasteiger partial charge in [0.15, 0.2) is 0 Å². The zero-order chi connectivity index (χ0) is 15.7. The first-order valence-corrected chi connectivity index (χ1v) is 7.03. The fourth-order valence-electron chi connectivity index (χ4n) is 2.52. The van der Waals surface area contributed by atoms with Crippen LogP contribution in [0.3, 0.4) is 0 Å². The summed E-state index contributed by atoms with van der Waals surface area (Å²) in [6.45, 7) is 4.13.